The van der Waals surface area contributed by atoms with Gasteiger partial charge in [0.25, 0.3) is 5.56 Å². The van der Waals surface area contributed by atoms with Crippen LogP contribution in [0.5, 0.6) is 0 Å². The lowest BCUT2D eigenvalue weighted by atomic mass is 10.2. The Bertz CT molecular complexity index is 711. The number of hydrogen-bond donors (Lipinski definition) is 1. The minimum atomic E-state index is -0.349. The van der Waals surface area contributed by atoms with Crippen LogP contribution in [0.1, 0.15) is 5.56 Å². The molecule has 0 spiro atoms. The van der Waals surface area contributed by atoms with Crippen molar-refractivity contribution in [1.29, 1.82) is 0 Å². The normalized spacial score (nSPS) is 16.0. The van der Waals surface area contributed by atoms with Crippen LogP contribution in [-0.4, -0.2) is 41.3 Å². The van der Waals surface area contributed by atoms with Crippen molar-refractivity contribution >= 4 is 28.9 Å². The maximum Gasteiger partial charge on any atom is 0.285 e. The zero-order valence-electron chi connectivity index (χ0n) is 11.9. The first-order valence-electron chi connectivity index (χ1n) is 7.09. The third kappa shape index (κ3) is 3.27. The molecule has 5 nitrogen and oxygen atoms in total. The molecule has 7 heteroatoms. The molecule has 1 N–H and O–H groups in total. The maximum absolute atomic E-state index is 11.5. The summed E-state index contributed by atoms with van der Waals surface area (Å²) in [6.07, 6.45) is 1.60. The molecule has 0 atom stereocenters. The number of nitrogens with zero attached hydrogens (tertiary/aromatic N) is 3. The number of halogens is 2. The first-order valence-corrected chi connectivity index (χ1v) is 7.84. The highest BCUT2D eigenvalue weighted by Crippen LogP contribution is 2.23. The second-order valence-corrected chi connectivity index (χ2v) is 6.04. The van der Waals surface area contributed by atoms with Crippen molar-refractivity contribution in [3.8, 4) is 0 Å². The van der Waals surface area contributed by atoms with Gasteiger partial charge in [-0.1, -0.05) is 41.4 Å². The van der Waals surface area contributed by atoms with Gasteiger partial charge in [0.2, 0.25) is 0 Å². The van der Waals surface area contributed by atoms with Gasteiger partial charge in [0.05, 0.1) is 11.9 Å². The summed E-state index contributed by atoms with van der Waals surface area (Å²) in [5, 5.41) is 7.16. The van der Waals surface area contributed by atoms with Gasteiger partial charge in [0, 0.05) is 37.7 Å². The van der Waals surface area contributed by atoms with Gasteiger partial charge in [-0.2, -0.15) is 5.10 Å². The molecule has 2 aromatic rings. The zero-order valence-corrected chi connectivity index (χ0v) is 13.4. The minimum absolute atomic E-state index is 0.203. The maximum atomic E-state index is 11.5. The number of hydrogen-bond acceptors (Lipinski definition) is 4. The fourth-order valence-electron chi connectivity index (χ4n) is 2.61. The van der Waals surface area contributed by atoms with Crippen molar-refractivity contribution in [3.63, 3.8) is 0 Å². The Morgan fingerprint density at radius 2 is 1.86 bits per heavy atom. The average molecular weight is 339 g/mol. The first-order chi connectivity index (χ1) is 10.6. The van der Waals surface area contributed by atoms with E-state index in [2.05, 4.69) is 20.0 Å². The molecule has 1 fully saturated rings. The van der Waals surface area contributed by atoms with Crippen LogP contribution < -0.4 is 10.5 Å². The molecular weight excluding hydrogens is 323 g/mol. The van der Waals surface area contributed by atoms with Crippen LogP contribution in [0.3, 0.4) is 0 Å². The van der Waals surface area contributed by atoms with Gasteiger partial charge >= 0.3 is 0 Å². The van der Waals surface area contributed by atoms with Crippen LogP contribution in [0.4, 0.5) is 5.69 Å². The fourth-order valence-corrected chi connectivity index (χ4v) is 3.02. The van der Waals surface area contributed by atoms with Crippen LogP contribution in [-0.2, 0) is 6.54 Å². The van der Waals surface area contributed by atoms with Gasteiger partial charge in [0.15, 0.2) is 0 Å². The van der Waals surface area contributed by atoms with Gasteiger partial charge in [-0.25, -0.2) is 5.10 Å². The zero-order chi connectivity index (χ0) is 15.5. The molecule has 1 aromatic heterocycles. The summed E-state index contributed by atoms with van der Waals surface area (Å²) in [6, 6.07) is 7.89. The SMILES string of the molecule is O=c1[nH]ncc(N2CCN(Cc3ccccc3Cl)CC2)c1Cl. The lowest BCUT2D eigenvalue weighted by Gasteiger charge is -2.36. The highest BCUT2D eigenvalue weighted by atomic mass is 35.5. The number of aromatic amines is 1. The molecule has 0 radical (unpaired) electrons. The molecule has 3 rings (SSSR count). The largest absolute Gasteiger partial charge is 0.366 e. The topological polar surface area (TPSA) is 52.2 Å². The summed E-state index contributed by atoms with van der Waals surface area (Å²) < 4.78 is 0. The smallest absolute Gasteiger partial charge is 0.285 e. The predicted octanol–water partition coefficient (Wildman–Crippen LogP) is 2.40. The van der Waals surface area contributed by atoms with E-state index in [0.717, 1.165) is 43.3 Å². The lowest BCUT2D eigenvalue weighted by molar-refractivity contribution is 0.250. The van der Waals surface area contributed by atoms with Crippen molar-refractivity contribution in [2.24, 2.45) is 0 Å². The molecule has 0 amide bonds. The van der Waals surface area contributed by atoms with Gasteiger partial charge in [0.1, 0.15) is 5.02 Å². The number of aromatic nitrogens is 2. The molecule has 1 aromatic carbocycles. The predicted molar refractivity (Wildman–Crippen MR) is 88.8 cm³/mol. The monoisotopic (exact) mass is 338 g/mol. The Balaban J connectivity index is 1.64. The number of H-pyrrole nitrogens is 1. The van der Waals surface area contributed by atoms with Crippen LogP contribution >= 0.6 is 23.2 Å². The Kier molecular flexibility index (Phi) is 4.66. The van der Waals surface area contributed by atoms with E-state index in [1.807, 2.05) is 24.3 Å². The summed E-state index contributed by atoms with van der Waals surface area (Å²) in [5.74, 6) is 0. The van der Waals surface area contributed by atoms with E-state index in [0.29, 0.717) is 5.69 Å². The number of piperazine rings is 1. The summed E-state index contributed by atoms with van der Waals surface area (Å²) in [7, 11) is 0. The third-order valence-corrected chi connectivity index (χ3v) is 4.58. The molecule has 0 bridgehead atoms. The Labute approximate surface area is 138 Å². The standard InChI is InChI=1S/C15H16Cl2N4O/c16-12-4-2-1-3-11(12)10-20-5-7-21(8-6-20)13-9-18-19-15(22)14(13)17/h1-4,9H,5-8,10H2,(H,19,22). The van der Waals surface area contributed by atoms with Crippen LogP contribution in [0.25, 0.3) is 0 Å². The van der Waals surface area contributed by atoms with E-state index in [4.69, 9.17) is 23.2 Å². The molecule has 1 saturated heterocycles. The van der Waals surface area contributed by atoms with Crippen molar-refractivity contribution in [1.82, 2.24) is 15.1 Å². The second kappa shape index (κ2) is 6.69. The molecule has 1 aliphatic heterocycles. The first kappa shape index (κ1) is 15.3. The molecule has 0 unspecified atom stereocenters. The van der Waals surface area contributed by atoms with Gasteiger partial charge < -0.3 is 4.90 Å². The van der Waals surface area contributed by atoms with Gasteiger partial charge in [-0.05, 0) is 11.6 Å². The summed E-state index contributed by atoms with van der Waals surface area (Å²) >= 11 is 12.3. The molecule has 22 heavy (non-hydrogen) atoms. The number of nitrogens with one attached hydrogen (secondary N) is 1. The van der Waals surface area contributed by atoms with Gasteiger partial charge in [-0.15, -0.1) is 0 Å². The quantitative estimate of drug-likeness (QED) is 0.933. The Hall–Kier alpha value is -1.56. The van der Waals surface area contributed by atoms with Gasteiger partial charge in [-0.3, -0.25) is 9.69 Å². The van der Waals surface area contributed by atoms with Crippen LogP contribution in [0.15, 0.2) is 35.3 Å². The highest BCUT2D eigenvalue weighted by Gasteiger charge is 2.20. The molecule has 1 aliphatic rings. The highest BCUT2D eigenvalue weighted by molar-refractivity contribution is 6.33. The second-order valence-electron chi connectivity index (χ2n) is 5.25. The molecule has 0 saturated carbocycles. The molecule has 2 heterocycles. The summed E-state index contributed by atoms with van der Waals surface area (Å²) in [4.78, 5) is 16.0. The Morgan fingerprint density at radius 1 is 1.14 bits per heavy atom. The van der Waals surface area contributed by atoms with Crippen molar-refractivity contribution in [3.05, 3.63) is 56.4 Å². The molecular formula is C15H16Cl2N4O. The molecule has 0 aliphatic carbocycles. The number of benzene rings is 1. The van der Waals surface area contributed by atoms with Crippen molar-refractivity contribution < 1.29 is 0 Å². The number of rotatable bonds is 3. The molecule has 116 valence electrons. The van der Waals surface area contributed by atoms with E-state index in [9.17, 15) is 4.79 Å². The van der Waals surface area contributed by atoms with E-state index in [-0.39, 0.29) is 10.6 Å². The van der Waals surface area contributed by atoms with E-state index >= 15 is 0 Å². The van der Waals surface area contributed by atoms with Crippen LogP contribution in [0.2, 0.25) is 10.0 Å². The van der Waals surface area contributed by atoms with Crippen molar-refractivity contribution in [2.75, 3.05) is 31.1 Å². The Morgan fingerprint density at radius 3 is 2.59 bits per heavy atom. The van der Waals surface area contributed by atoms with E-state index in [1.165, 1.54) is 0 Å². The summed E-state index contributed by atoms with van der Waals surface area (Å²) in [5.41, 5.74) is 1.48. The average Bonchev–Trinajstić information content (AvgIpc) is 2.53. The van der Waals surface area contributed by atoms with Crippen LogP contribution in [0, 0.1) is 0 Å². The third-order valence-electron chi connectivity index (χ3n) is 3.84. The number of anilines is 1. The minimum Gasteiger partial charge on any atom is -0.366 e. The summed E-state index contributed by atoms with van der Waals surface area (Å²) in [6.45, 7) is 4.20. The lowest BCUT2D eigenvalue weighted by Crippen LogP contribution is -2.46. The van der Waals surface area contributed by atoms with E-state index < -0.39 is 0 Å². The fraction of sp³-hybridized carbons (Fsp3) is 0.333. The van der Waals surface area contributed by atoms with Crippen molar-refractivity contribution in [2.45, 2.75) is 6.54 Å². The van der Waals surface area contributed by atoms with E-state index in [1.54, 1.807) is 6.20 Å².